The zero-order chi connectivity index (χ0) is 27.2. The molecule has 2 heterocycles. The van der Waals surface area contributed by atoms with Gasteiger partial charge in [0.1, 0.15) is 0 Å². The fourth-order valence-electron chi connectivity index (χ4n) is 4.60. The minimum Gasteiger partial charge on any atom is -0.366 e. The Morgan fingerprint density at radius 1 is 1.21 bits per heavy atom. The van der Waals surface area contributed by atoms with Crippen molar-refractivity contribution in [2.24, 2.45) is 11.7 Å². The van der Waals surface area contributed by atoms with Gasteiger partial charge >= 0.3 is 0 Å². The molecule has 1 aliphatic rings. The number of aromatic nitrogens is 3. The number of benzene rings is 2. The number of carbonyl (C=O) groups is 1. The zero-order valence-corrected chi connectivity index (χ0v) is 22.4. The minimum absolute atomic E-state index is 0.155. The molecular weight excluding hydrogens is 478 g/mol. The third-order valence-electron chi connectivity index (χ3n) is 6.51. The lowest BCUT2D eigenvalue weighted by molar-refractivity contribution is 0.100. The van der Waals surface area contributed by atoms with E-state index >= 15 is 0 Å². The molecule has 4 rings (SSSR count). The second kappa shape index (κ2) is 11.9. The number of nitrogens with two attached hydrogens (primary N) is 1. The maximum Gasteiger partial charge on any atom is 0.248 e. The van der Waals surface area contributed by atoms with Crippen LogP contribution in [0, 0.1) is 24.2 Å². The van der Waals surface area contributed by atoms with E-state index in [9.17, 15) is 10.1 Å². The molecule has 4 N–H and O–H groups in total. The summed E-state index contributed by atoms with van der Waals surface area (Å²) in [4.78, 5) is 30.1. The van der Waals surface area contributed by atoms with Crippen molar-refractivity contribution in [3.05, 3.63) is 64.7 Å². The summed E-state index contributed by atoms with van der Waals surface area (Å²) in [6.45, 7) is 9.46. The number of primary amides is 1. The number of nitriles is 1. The number of hydrogen-bond donors (Lipinski definition) is 3. The molecule has 10 nitrogen and oxygen atoms in total. The molecule has 0 saturated carbocycles. The molecule has 0 unspecified atom stereocenters. The molecule has 38 heavy (non-hydrogen) atoms. The Morgan fingerprint density at radius 3 is 2.71 bits per heavy atom. The van der Waals surface area contributed by atoms with Crippen molar-refractivity contribution in [1.82, 2.24) is 19.9 Å². The fourth-order valence-corrected chi connectivity index (χ4v) is 4.60. The van der Waals surface area contributed by atoms with Gasteiger partial charge in [-0.2, -0.15) is 20.2 Å². The molecule has 0 aliphatic carbocycles. The molecule has 0 radical (unpaired) electrons. The molecule has 1 aliphatic heterocycles. The SMILES string of the molecule is Cc1ccc(C(N)=O)cc1Nc1nc(N[C@H]2CCN(Cc3ccccc3C#N)C2)nc(N(C)CC(C)C)n1. The number of likely N-dealkylation sites (tertiary alicyclic amines) is 1. The van der Waals surface area contributed by atoms with Crippen molar-refractivity contribution in [2.75, 3.05) is 42.2 Å². The van der Waals surface area contributed by atoms with Gasteiger partial charge in [0.2, 0.25) is 23.8 Å². The van der Waals surface area contributed by atoms with Crippen molar-refractivity contribution >= 4 is 29.4 Å². The highest BCUT2D eigenvalue weighted by atomic mass is 16.1. The van der Waals surface area contributed by atoms with Crippen LogP contribution in [0.1, 0.15) is 47.3 Å². The molecule has 10 heteroatoms. The lowest BCUT2D eigenvalue weighted by atomic mass is 10.1. The Balaban J connectivity index is 1.54. The highest BCUT2D eigenvalue weighted by molar-refractivity contribution is 5.94. The Hall–Kier alpha value is -4.23. The van der Waals surface area contributed by atoms with Gasteiger partial charge in [0.05, 0.1) is 11.6 Å². The van der Waals surface area contributed by atoms with E-state index in [2.05, 4.69) is 45.4 Å². The van der Waals surface area contributed by atoms with Crippen molar-refractivity contribution in [1.29, 1.82) is 5.26 Å². The Kier molecular flexibility index (Phi) is 8.38. The maximum atomic E-state index is 11.7. The average molecular weight is 514 g/mol. The van der Waals surface area contributed by atoms with Crippen LogP contribution >= 0.6 is 0 Å². The summed E-state index contributed by atoms with van der Waals surface area (Å²) < 4.78 is 0. The van der Waals surface area contributed by atoms with Crippen LogP contribution < -0.4 is 21.3 Å². The predicted octanol–water partition coefficient (Wildman–Crippen LogP) is 3.67. The van der Waals surface area contributed by atoms with Gasteiger partial charge in [-0.25, -0.2) is 0 Å². The number of hydrogen-bond acceptors (Lipinski definition) is 9. The third-order valence-corrected chi connectivity index (χ3v) is 6.51. The highest BCUT2D eigenvalue weighted by Gasteiger charge is 2.24. The third kappa shape index (κ3) is 6.75. The summed E-state index contributed by atoms with van der Waals surface area (Å²) in [7, 11) is 1.96. The topological polar surface area (TPSA) is 136 Å². The van der Waals surface area contributed by atoms with Gasteiger partial charge in [-0.05, 0) is 48.6 Å². The lowest BCUT2D eigenvalue weighted by Gasteiger charge is -2.22. The van der Waals surface area contributed by atoms with Crippen LogP contribution in [0.15, 0.2) is 42.5 Å². The minimum atomic E-state index is -0.494. The molecule has 0 bridgehead atoms. The standard InChI is InChI=1S/C28H35N9O/c1-18(2)15-36(4)28-34-26(33-27(35-28)32-24-13-20(25(30)38)10-9-19(24)3)31-23-11-12-37(17-23)16-22-8-6-5-7-21(22)14-29/h5-10,13,18,23H,11-12,15-17H2,1-4H3,(H2,30,38)(H2,31,32,33,34,35)/t23-/m0/s1. The van der Waals surface area contributed by atoms with Crippen LogP contribution in [-0.4, -0.2) is 58.5 Å². The first-order valence-corrected chi connectivity index (χ1v) is 12.8. The number of anilines is 4. The summed E-state index contributed by atoms with van der Waals surface area (Å²) in [5, 5.41) is 16.2. The van der Waals surface area contributed by atoms with E-state index in [1.54, 1.807) is 12.1 Å². The maximum absolute atomic E-state index is 11.7. The van der Waals surface area contributed by atoms with Gasteiger partial charge in [-0.15, -0.1) is 0 Å². The van der Waals surface area contributed by atoms with Crippen molar-refractivity contribution in [2.45, 2.75) is 39.8 Å². The number of nitrogens with zero attached hydrogens (tertiary/aromatic N) is 6. The molecule has 1 amide bonds. The molecule has 1 atom stereocenters. The predicted molar refractivity (Wildman–Crippen MR) is 149 cm³/mol. The number of amides is 1. The van der Waals surface area contributed by atoms with Gasteiger partial charge in [0.15, 0.2) is 0 Å². The summed E-state index contributed by atoms with van der Waals surface area (Å²) in [6.07, 6.45) is 0.931. The molecule has 198 valence electrons. The normalized spacial score (nSPS) is 15.3. The summed E-state index contributed by atoms with van der Waals surface area (Å²) in [5.74, 6) is 1.36. The van der Waals surface area contributed by atoms with E-state index in [1.807, 2.05) is 49.2 Å². The molecule has 3 aromatic rings. The van der Waals surface area contributed by atoms with E-state index in [-0.39, 0.29) is 6.04 Å². The van der Waals surface area contributed by atoms with Crippen LogP contribution in [0.4, 0.5) is 23.5 Å². The van der Waals surface area contributed by atoms with Crippen LogP contribution in [-0.2, 0) is 6.54 Å². The van der Waals surface area contributed by atoms with Crippen molar-refractivity contribution in [3.8, 4) is 6.07 Å². The summed E-state index contributed by atoms with van der Waals surface area (Å²) >= 11 is 0. The lowest BCUT2D eigenvalue weighted by Crippen LogP contribution is -2.28. The first-order chi connectivity index (χ1) is 18.2. The van der Waals surface area contributed by atoms with E-state index in [1.165, 1.54) is 0 Å². The van der Waals surface area contributed by atoms with Crippen LogP contribution in [0.3, 0.4) is 0 Å². The first-order valence-electron chi connectivity index (χ1n) is 12.8. The van der Waals surface area contributed by atoms with Crippen LogP contribution in [0.5, 0.6) is 0 Å². The van der Waals surface area contributed by atoms with E-state index in [0.717, 1.165) is 43.7 Å². The summed E-state index contributed by atoms with van der Waals surface area (Å²) in [6, 6.07) is 15.4. The monoisotopic (exact) mass is 513 g/mol. The zero-order valence-electron chi connectivity index (χ0n) is 22.4. The molecule has 1 aromatic heterocycles. The summed E-state index contributed by atoms with van der Waals surface area (Å²) in [5.41, 5.74) is 9.29. The number of carbonyl (C=O) groups excluding carboxylic acids is 1. The second-order valence-corrected chi connectivity index (χ2v) is 10.2. The molecule has 1 saturated heterocycles. The van der Waals surface area contributed by atoms with E-state index in [0.29, 0.717) is 40.6 Å². The Labute approximate surface area is 223 Å². The van der Waals surface area contributed by atoms with Crippen LogP contribution in [0.2, 0.25) is 0 Å². The highest BCUT2D eigenvalue weighted by Crippen LogP contribution is 2.24. The fraction of sp³-hybridized carbons (Fsp3) is 0.393. The Bertz CT molecular complexity index is 1330. The average Bonchev–Trinajstić information content (AvgIpc) is 3.31. The molecule has 1 fully saturated rings. The van der Waals surface area contributed by atoms with Gasteiger partial charge in [0, 0.05) is 50.5 Å². The number of aryl methyl sites for hydroxylation is 1. The first kappa shape index (κ1) is 26.8. The molecular formula is C28H35N9O. The Morgan fingerprint density at radius 2 is 1.97 bits per heavy atom. The number of nitrogens with one attached hydrogen (secondary N) is 2. The van der Waals surface area contributed by atoms with Crippen molar-refractivity contribution in [3.63, 3.8) is 0 Å². The van der Waals surface area contributed by atoms with Gasteiger partial charge in [-0.3, -0.25) is 9.69 Å². The molecule has 2 aromatic carbocycles. The smallest absolute Gasteiger partial charge is 0.248 e. The van der Waals surface area contributed by atoms with Crippen molar-refractivity contribution < 1.29 is 4.79 Å². The van der Waals surface area contributed by atoms with Crippen LogP contribution in [0.25, 0.3) is 0 Å². The van der Waals surface area contributed by atoms with E-state index in [4.69, 9.17) is 10.7 Å². The van der Waals surface area contributed by atoms with Gasteiger partial charge in [-0.1, -0.05) is 38.1 Å². The largest absolute Gasteiger partial charge is 0.366 e. The van der Waals surface area contributed by atoms with E-state index < -0.39 is 5.91 Å². The second-order valence-electron chi connectivity index (χ2n) is 10.2. The van der Waals surface area contributed by atoms with Gasteiger partial charge in [0.25, 0.3) is 0 Å². The number of rotatable bonds is 10. The molecule has 0 spiro atoms. The quantitative estimate of drug-likeness (QED) is 0.371. The van der Waals surface area contributed by atoms with Gasteiger partial charge < -0.3 is 21.3 Å².